The van der Waals surface area contributed by atoms with E-state index in [1.54, 1.807) is 44.3 Å². The van der Waals surface area contributed by atoms with E-state index in [0.29, 0.717) is 23.6 Å². The molecule has 5 rings (SSSR count). The SMILES string of the molecule is COc1ccc(C(=O)N(C)[C@@H](C)C(=O)O[C@H]2CC(=O)N(C)c3cc(cc(OC)c3Cl)C/C(C)=C/C=C/[C@@H](OC)[C@]3(O)CC(=O)O[C@@H](C3)[C@@H](C)[C@@H]3O[C@@]23C)cc1N. The number of allylic oxidation sites excluding steroid dienone is 3. The zero-order chi connectivity index (χ0) is 41.3. The van der Waals surface area contributed by atoms with E-state index in [9.17, 15) is 24.3 Å². The summed E-state index contributed by atoms with van der Waals surface area (Å²) in [5.74, 6) is -2.10. The molecule has 2 fully saturated rings. The molecule has 2 aromatic carbocycles. The van der Waals surface area contributed by atoms with Crippen LogP contribution in [0.4, 0.5) is 11.4 Å². The number of ether oxygens (including phenoxy) is 6. The normalized spacial score (nSPS) is 30.2. The number of carbonyl (C=O) groups excluding carboxylic acids is 4. The number of fused-ring (bicyclic) bond motifs is 5. The van der Waals surface area contributed by atoms with Crippen molar-refractivity contribution >= 4 is 46.7 Å². The van der Waals surface area contributed by atoms with E-state index < -0.39 is 71.3 Å². The van der Waals surface area contributed by atoms with Gasteiger partial charge in [-0.2, -0.15) is 0 Å². The van der Waals surface area contributed by atoms with Gasteiger partial charge in [0, 0.05) is 39.1 Å². The molecule has 0 radical (unpaired) electrons. The van der Waals surface area contributed by atoms with Gasteiger partial charge in [-0.15, -0.1) is 0 Å². The van der Waals surface area contributed by atoms with Gasteiger partial charge >= 0.3 is 11.9 Å². The number of likely N-dealkylation sites (N-methyl/N-ethyl adjacent to an activating group) is 1. The molecular weight excluding hydrogens is 746 g/mol. The first-order valence-corrected chi connectivity index (χ1v) is 18.8. The Labute approximate surface area is 332 Å². The molecule has 0 spiro atoms. The fourth-order valence-corrected chi connectivity index (χ4v) is 7.82. The molecule has 14 nitrogen and oxygen atoms in total. The topological polar surface area (TPSA) is 180 Å². The summed E-state index contributed by atoms with van der Waals surface area (Å²) in [6, 6.07) is 7.03. The Morgan fingerprint density at radius 2 is 1.82 bits per heavy atom. The average Bonchev–Trinajstić information content (AvgIpc) is 3.86. The van der Waals surface area contributed by atoms with Crippen molar-refractivity contribution in [3.63, 3.8) is 0 Å². The van der Waals surface area contributed by atoms with Crippen LogP contribution in [0.3, 0.4) is 0 Å². The molecule has 0 unspecified atom stereocenters. The van der Waals surface area contributed by atoms with Crippen LogP contribution >= 0.6 is 11.6 Å². The maximum Gasteiger partial charge on any atom is 0.328 e. The van der Waals surface area contributed by atoms with E-state index in [0.717, 1.165) is 11.1 Å². The van der Waals surface area contributed by atoms with Gasteiger partial charge in [0.1, 0.15) is 52.1 Å². The van der Waals surface area contributed by atoms with Crippen LogP contribution in [-0.4, -0.2) is 111 Å². The number of epoxide rings is 1. The predicted octanol–water partition coefficient (Wildman–Crippen LogP) is 4.67. The first kappa shape index (κ1) is 42.5. The number of benzene rings is 2. The van der Waals surface area contributed by atoms with Crippen molar-refractivity contribution in [2.24, 2.45) is 5.92 Å². The van der Waals surface area contributed by atoms with Crippen molar-refractivity contribution in [1.82, 2.24) is 4.90 Å². The number of halogens is 1. The Bertz CT molecular complexity index is 1920. The van der Waals surface area contributed by atoms with Gasteiger partial charge in [-0.3, -0.25) is 14.4 Å². The number of aliphatic hydroxyl groups is 1. The Balaban J connectivity index is 1.51. The molecule has 3 N–H and O–H groups in total. The Kier molecular flexibility index (Phi) is 12.8. The Hall–Kier alpha value is -4.63. The molecule has 0 aromatic heterocycles. The number of nitrogens with zero attached hydrogens (tertiary/aromatic N) is 2. The third-order valence-electron chi connectivity index (χ3n) is 11.2. The lowest BCUT2D eigenvalue weighted by Gasteiger charge is -2.41. The number of rotatable bonds is 7. The van der Waals surface area contributed by atoms with Gasteiger partial charge in [0.05, 0.1) is 44.5 Å². The Morgan fingerprint density at radius 1 is 1.12 bits per heavy atom. The van der Waals surface area contributed by atoms with E-state index in [-0.39, 0.29) is 35.5 Å². The molecular formula is C41H52ClN3O11. The molecule has 2 amide bonds. The summed E-state index contributed by atoms with van der Waals surface area (Å²) in [7, 11) is 7.44. The standard InChI is InChI=1S/C41H52ClN3O11/c1-22-11-10-12-32(53-9)41(50)20-31(54-35(47)21-41)23(2)37-40(4,56-37)33(19-34(46)45(6)28-16-25(15-22)17-30(52-8)36(28)42)55-39(49)24(3)44(5)38(48)26-13-14-29(51-7)27(43)18-26/h10-14,16-18,23-24,31-33,37,50H,15,19-21,43H2,1-9H3/b12-10+,22-11+/t23-,24+,31+,32-,33+,37+,40+,41-/m1/s1. The predicted molar refractivity (Wildman–Crippen MR) is 209 cm³/mol. The van der Waals surface area contributed by atoms with E-state index >= 15 is 0 Å². The van der Waals surface area contributed by atoms with Gasteiger partial charge in [0.2, 0.25) is 5.91 Å². The molecule has 56 heavy (non-hydrogen) atoms. The van der Waals surface area contributed by atoms with Gasteiger partial charge in [-0.25, -0.2) is 4.79 Å². The van der Waals surface area contributed by atoms with Crippen LogP contribution in [-0.2, 0) is 39.8 Å². The smallest absolute Gasteiger partial charge is 0.328 e. The van der Waals surface area contributed by atoms with Crippen molar-refractivity contribution in [2.45, 2.75) is 95.0 Å². The molecule has 0 aliphatic carbocycles. The second-order valence-corrected chi connectivity index (χ2v) is 15.5. The summed E-state index contributed by atoms with van der Waals surface area (Å²) in [6.45, 7) is 6.97. The zero-order valence-electron chi connectivity index (χ0n) is 33.3. The minimum absolute atomic E-state index is 0.0391. The lowest BCUT2D eigenvalue weighted by atomic mass is 9.78. The van der Waals surface area contributed by atoms with Crippen molar-refractivity contribution in [1.29, 1.82) is 0 Å². The minimum atomic E-state index is -1.60. The van der Waals surface area contributed by atoms with Gasteiger partial charge in [0.25, 0.3) is 5.91 Å². The molecule has 304 valence electrons. The van der Waals surface area contributed by atoms with E-state index in [1.807, 2.05) is 19.9 Å². The van der Waals surface area contributed by atoms with Crippen LogP contribution < -0.4 is 20.1 Å². The third kappa shape index (κ3) is 8.68. The number of anilines is 2. The van der Waals surface area contributed by atoms with Crippen molar-refractivity contribution < 1.29 is 52.7 Å². The summed E-state index contributed by atoms with van der Waals surface area (Å²) < 4.78 is 34.7. The molecule has 0 saturated carbocycles. The number of methoxy groups -OCH3 is 3. The summed E-state index contributed by atoms with van der Waals surface area (Å²) in [5.41, 5.74) is 5.79. The highest BCUT2D eigenvalue weighted by Gasteiger charge is 2.64. The molecule has 3 heterocycles. The summed E-state index contributed by atoms with van der Waals surface area (Å²) in [4.78, 5) is 57.2. The molecule has 4 bridgehead atoms. The van der Waals surface area contributed by atoms with Crippen molar-refractivity contribution in [2.75, 3.05) is 46.1 Å². The molecule has 3 aliphatic rings. The molecule has 8 atom stereocenters. The van der Waals surface area contributed by atoms with Crippen molar-refractivity contribution in [3.05, 3.63) is 70.3 Å². The second-order valence-electron chi connectivity index (χ2n) is 15.1. The van der Waals surface area contributed by atoms with Gasteiger partial charge in [-0.05, 0) is 63.1 Å². The number of nitrogens with two attached hydrogens (primary N) is 1. The van der Waals surface area contributed by atoms with Crippen LogP contribution in [0.5, 0.6) is 11.5 Å². The fraction of sp³-hybridized carbons (Fsp3) is 0.512. The first-order valence-electron chi connectivity index (χ1n) is 18.4. The monoisotopic (exact) mass is 797 g/mol. The molecule has 15 heteroatoms. The Morgan fingerprint density at radius 3 is 2.46 bits per heavy atom. The summed E-state index contributed by atoms with van der Waals surface area (Å²) in [6.07, 6.45) is 1.73. The summed E-state index contributed by atoms with van der Waals surface area (Å²) >= 11 is 6.78. The second kappa shape index (κ2) is 16.8. The molecule has 2 aromatic rings. The number of carbonyl (C=O) groups is 4. The zero-order valence-corrected chi connectivity index (χ0v) is 34.0. The van der Waals surface area contributed by atoms with E-state index in [1.165, 1.54) is 57.2 Å². The lowest BCUT2D eigenvalue weighted by molar-refractivity contribution is -0.187. The first-order chi connectivity index (χ1) is 26.4. The van der Waals surface area contributed by atoms with Crippen molar-refractivity contribution in [3.8, 4) is 11.5 Å². The van der Waals surface area contributed by atoms with Gasteiger partial charge < -0.3 is 49.1 Å². The lowest BCUT2D eigenvalue weighted by Crippen LogP contribution is -2.53. The quantitative estimate of drug-likeness (QED) is 0.225. The van der Waals surface area contributed by atoms with Crippen LogP contribution in [0.2, 0.25) is 5.02 Å². The highest BCUT2D eigenvalue weighted by atomic mass is 35.5. The average molecular weight is 798 g/mol. The van der Waals surface area contributed by atoms with Crippen LogP contribution in [0.1, 0.15) is 62.9 Å². The van der Waals surface area contributed by atoms with Gasteiger partial charge in [0.15, 0.2) is 0 Å². The highest BCUT2D eigenvalue weighted by Crippen LogP contribution is 2.50. The minimum Gasteiger partial charge on any atom is -0.495 e. The fourth-order valence-electron chi connectivity index (χ4n) is 7.50. The number of hydrogen-bond donors (Lipinski definition) is 2. The van der Waals surface area contributed by atoms with Crippen LogP contribution in [0.25, 0.3) is 0 Å². The number of nitrogen functional groups attached to an aromatic ring is 1. The largest absolute Gasteiger partial charge is 0.495 e. The van der Waals surface area contributed by atoms with E-state index in [2.05, 4.69) is 0 Å². The highest BCUT2D eigenvalue weighted by molar-refractivity contribution is 6.35. The van der Waals surface area contributed by atoms with Gasteiger partial charge in [-0.1, -0.05) is 42.3 Å². The molecule has 3 aliphatic heterocycles. The van der Waals surface area contributed by atoms with Crippen LogP contribution in [0, 0.1) is 5.92 Å². The maximum atomic E-state index is 14.2. The number of hydrogen-bond acceptors (Lipinski definition) is 12. The molecule has 2 saturated heterocycles. The maximum absolute atomic E-state index is 14.2. The third-order valence-corrected chi connectivity index (χ3v) is 11.6. The number of esters is 2. The van der Waals surface area contributed by atoms with Crippen LogP contribution in [0.15, 0.2) is 54.1 Å². The van der Waals surface area contributed by atoms with E-state index in [4.69, 9.17) is 45.8 Å². The summed E-state index contributed by atoms with van der Waals surface area (Å²) in [5, 5.41) is 12.1. The number of amides is 2.